The summed E-state index contributed by atoms with van der Waals surface area (Å²) in [6.45, 7) is 2.00. The number of hydrogen-bond acceptors (Lipinski definition) is 5. The summed E-state index contributed by atoms with van der Waals surface area (Å²) < 4.78 is 40.7. The maximum atomic E-state index is 13.2. The molecule has 1 saturated heterocycles. The number of ether oxygens (including phenoxy) is 3. The molecular weight excluding hydrogens is 252 g/mol. The lowest BCUT2D eigenvalue weighted by atomic mass is 10.3. The van der Waals surface area contributed by atoms with Crippen LogP contribution in [0.5, 0.6) is 0 Å². The summed E-state index contributed by atoms with van der Waals surface area (Å²) in [7, 11) is 0. The molecule has 1 rings (SSSR count). The number of alkyl halides is 2. The highest BCUT2D eigenvalue weighted by Crippen LogP contribution is 2.15. The number of carbonyl (C=O) groups excluding carboxylic acids is 2. The van der Waals surface area contributed by atoms with E-state index in [1.54, 1.807) is 0 Å². The molecule has 1 aliphatic heterocycles. The number of amides is 1. The van der Waals surface area contributed by atoms with E-state index in [4.69, 9.17) is 9.47 Å². The van der Waals surface area contributed by atoms with Crippen LogP contribution in [0.4, 0.5) is 8.78 Å². The molecule has 6 nitrogen and oxygen atoms in total. The van der Waals surface area contributed by atoms with Crippen LogP contribution in [0.2, 0.25) is 0 Å². The second-order valence-corrected chi connectivity index (χ2v) is 3.57. The first-order chi connectivity index (χ1) is 8.48. The Morgan fingerprint density at radius 3 is 2.72 bits per heavy atom. The minimum Gasteiger partial charge on any atom is -0.461 e. The average Bonchev–Trinajstić information content (AvgIpc) is 2.37. The minimum atomic E-state index is -4.19. The highest BCUT2D eigenvalue weighted by atomic mass is 19.3. The van der Waals surface area contributed by atoms with Gasteiger partial charge in [0.1, 0.15) is 0 Å². The molecule has 1 amide bonds. The van der Waals surface area contributed by atoms with Crippen LogP contribution < -0.4 is 5.32 Å². The molecule has 1 aliphatic rings. The normalized spacial score (nSPS) is 20.3. The van der Waals surface area contributed by atoms with E-state index in [1.165, 1.54) is 6.92 Å². The number of carbonyl (C=O) groups is 2. The van der Waals surface area contributed by atoms with Crippen LogP contribution in [-0.4, -0.2) is 56.9 Å². The molecular formula is C10H15F2NO5. The minimum absolute atomic E-state index is 0.145. The fraction of sp³-hybridized carbons (Fsp3) is 0.800. The molecule has 0 bridgehead atoms. The average molecular weight is 267 g/mol. The smallest absolute Gasteiger partial charge is 0.418 e. The molecule has 1 N–H and O–H groups in total. The Morgan fingerprint density at radius 1 is 1.44 bits per heavy atom. The first-order valence-corrected chi connectivity index (χ1v) is 5.51. The van der Waals surface area contributed by atoms with Crippen LogP contribution in [0.1, 0.15) is 6.92 Å². The molecule has 0 aromatic rings. The van der Waals surface area contributed by atoms with Crippen molar-refractivity contribution in [2.45, 2.75) is 19.0 Å². The predicted molar refractivity (Wildman–Crippen MR) is 55.1 cm³/mol. The maximum absolute atomic E-state index is 13.2. The Labute approximate surface area is 103 Å². The predicted octanol–water partition coefficient (Wildman–Crippen LogP) is -0.284. The molecule has 1 heterocycles. The van der Waals surface area contributed by atoms with Gasteiger partial charge in [-0.15, -0.1) is 0 Å². The van der Waals surface area contributed by atoms with Gasteiger partial charge in [0.05, 0.1) is 32.5 Å². The van der Waals surface area contributed by atoms with Gasteiger partial charge in [-0.2, -0.15) is 8.78 Å². The van der Waals surface area contributed by atoms with Crippen molar-refractivity contribution in [1.29, 1.82) is 0 Å². The van der Waals surface area contributed by atoms with Crippen LogP contribution in [0.25, 0.3) is 0 Å². The van der Waals surface area contributed by atoms with Gasteiger partial charge in [-0.05, 0) is 6.92 Å². The zero-order chi connectivity index (χ0) is 13.6. The van der Waals surface area contributed by atoms with Crippen LogP contribution in [-0.2, 0) is 23.8 Å². The van der Waals surface area contributed by atoms with Crippen molar-refractivity contribution >= 4 is 11.9 Å². The van der Waals surface area contributed by atoms with Crippen molar-refractivity contribution in [3.05, 3.63) is 0 Å². The maximum Gasteiger partial charge on any atom is 0.418 e. The van der Waals surface area contributed by atoms with Gasteiger partial charge in [-0.25, -0.2) is 4.79 Å². The Bertz CT molecular complexity index is 305. The molecule has 18 heavy (non-hydrogen) atoms. The third kappa shape index (κ3) is 3.88. The molecule has 0 aromatic heterocycles. The monoisotopic (exact) mass is 267 g/mol. The number of esters is 1. The summed E-state index contributed by atoms with van der Waals surface area (Å²) in [5.74, 6) is -7.75. The van der Waals surface area contributed by atoms with E-state index in [0.717, 1.165) is 0 Å². The van der Waals surface area contributed by atoms with Gasteiger partial charge < -0.3 is 19.5 Å². The SMILES string of the molecule is CCOC(=O)C(F)(F)C(=O)NCC1COCCO1. The van der Waals surface area contributed by atoms with E-state index in [2.05, 4.69) is 4.74 Å². The molecule has 1 fully saturated rings. The fourth-order valence-electron chi connectivity index (χ4n) is 1.29. The van der Waals surface area contributed by atoms with Crippen molar-refractivity contribution in [3.63, 3.8) is 0 Å². The van der Waals surface area contributed by atoms with E-state index in [0.29, 0.717) is 13.2 Å². The summed E-state index contributed by atoms with van der Waals surface area (Å²) >= 11 is 0. The van der Waals surface area contributed by atoms with Crippen molar-refractivity contribution in [1.82, 2.24) is 5.32 Å². The fourth-order valence-corrected chi connectivity index (χ4v) is 1.29. The Balaban J connectivity index is 2.40. The second-order valence-electron chi connectivity index (χ2n) is 3.57. The van der Waals surface area contributed by atoms with Crippen molar-refractivity contribution in [2.75, 3.05) is 33.0 Å². The first-order valence-electron chi connectivity index (χ1n) is 5.51. The molecule has 1 atom stereocenters. The largest absolute Gasteiger partial charge is 0.461 e. The highest BCUT2D eigenvalue weighted by molar-refractivity contribution is 6.04. The lowest BCUT2D eigenvalue weighted by molar-refractivity contribution is -0.178. The quantitative estimate of drug-likeness (QED) is 0.547. The second kappa shape index (κ2) is 6.60. The van der Waals surface area contributed by atoms with Gasteiger partial charge in [0, 0.05) is 6.54 Å². The van der Waals surface area contributed by atoms with E-state index in [1.807, 2.05) is 5.32 Å². The van der Waals surface area contributed by atoms with Gasteiger partial charge >= 0.3 is 17.8 Å². The Hall–Kier alpha value is -1.28. The van der Waals surface area contributed by atoms with Gasteiger partial charge in [0.15, 0.2) is 0 Å². The molecule has 1 unspecified atom stereocenters. The Morgan fingerprint density at radius 2 is 2.17 bits per heavy atom. The van der Waals surface area contributed by atoms with Crippen LogP contribution in [0.15, 0.2) is 0 Å². The third-order valence-electron chi connectivity index (χ3n) is 2.19. The summed E-state index contributed by atoms with van der Waals surface area (Å²) in [5.41, 5.74) is 0. The first kappa shape index (κ1) is 14.8. The van der Waals surface area contributed by atoms with E-state index in [-0.39, 0.29) is 19.8 Å². The summed E-state index contributed by atoms with van der Waals surface area (Å²) in [6.07, 6.45) is -0.485. The van der Waals surface area contributed by atoms with Gasteiger partial charge in [0.2, 0.25) is 0 Å². The standard InChI is InChI=1S/C10H15F2NO5/c1-2-17-9(15)10(11,12)8(14)13-5-7-6-16-3-4-18-7/h7H,2-6H2,1H3,(H,13,14). The summed E-state index contributed by atoms with van der Waals surface area (Å²) in [4.78, 5) is 22.0. The van der Waals surface area contributed by atoms with Crippen molar-refractivity contribution < 1.29 is 32.6 Å². The molecule has 0 radical (unpaired) electrons. The number of rotatable bonds is 5. The molecule has 104 valence electrons. The van der Waals surface area contributed by atoms with Crippen molar-refractivity contribution in [2.24, 2.45) is 0 Å². The zero-order valence-corrected chi connectivity index (χ0v) is 9.91. The molecule has 0 spiro atoms. The molecule has 0 saturated carbocycles. The van der Waals surface area contributed by atoms with Crippen molar-refractivity contribution in [3.8, 4) is 0 Å². The third-order valence-corrected chi connectivity index (χ3v) is 2.19. The van der Waals surface area contributed by atoms with Gasteiger partial charge in [0.25, 0.3) is 0 Å². The molecule has 8 heteroatoms. The molecule has 0 aromatic carbocycles. The summed E-state index contributed by atoms with van der Waals surface area (Å²) in [5, 5.41) is 1.94. The van der Waals surface area contributed by atoms with Crippen LogP contribution >= 0.6 is 0 Å². The number of nitrogens with one attached hydrogen (secondary N) is 1. The topological polar surface area (TPSA) is 73.9 Å². The zero-order valence-electron chi connectivity index (χ0n) is 9.91. The molecule has 0 aliphatic carbocycles. The number of hydrogen-bond donors (Lipinski definition) is 1. The van der Waals surface area contributed by atoms with E-state index < -0.39 is 23.9 Å². The summed E-state index contributed by atoms with van der Waals surface area (Å²) in [6, 6.07) is 0. The van der Waals surface area contributed by atoms with Gasteiger partial charge in [-0.3, -0.25) is 4.79 Å². The van der Waals surface area contributed by atoms with E-state index in [9.17, 15) is 18.4 Å². The van der Waals surface area contributed by atoms with E-state index >= 15 is 0 Å². The van der Waals surface area contributed by atoms with Crippen LogP contribution in [0, 0.1) is 0 Å². The van der Waals surface area contributed by atoms with Crippen LogP contribution in [0.3, 0.4) is 0 Å². The highest BCUT2D eigenvalue weighted by Gasteiger charge is 2.49. The van der Waals surface area contributed by atoms with Gasteiger partial charge in [-0.1, -0.05) is 0 Å². The lowest BCUT2D eigenvalue weighted by Gasteiger charge is -2.23. The lowest BCUT2D eigenvalue weighted by Crippen LogP contribution is -2.50. The Kier molecular flexibility index (Phi) is 5.42. The number of halogens is 2.